The van der Waals surface area contributed by atoms with Crippen LogP contribution in [0.4, 0.5) is 0 Å². The van der Waals surface area contributed by atoms with Crippen LogP contribution in [0, 0.1) is 5.92 Å². The fourth-order valence-corrected chi connectivity index (χ4v) is 2.26. The number of hydrogen-bond acceptors (Lipinski definition) is 2. The van der Waals surface area contributed by atoms with E-state index < -0.39 is 11.8 Å². The minimum Gasteiger partial charge on any atom is -0.348 e. The zero-order valence-electron chi connectivity index (χ0n) is 10.8. The van der Waals surface area contributed by atoms with Gasteiger partial charge in [-0.3, -0.25) is 9.59 Å². The molecule has 0 heterocycles. The highest BCUT2D eigenvalue weighted by Crippen LogP contribution is 2.25. The topological polar surface area (TPSA) is 58.2 Å². The van der Waals surface area contributed by atoms with Crippen LogP contribution in [-0.2, 0) is 9.59 Å². The first-order valence-corrected chi connectivity index (χ1v) is 6.80. The molecule has 0 spiro atoms. The van der Waals surface area contributed by atoms with E-state index in [9.17, 15) is 9.59 Å². The number of nitrogens with one attached hydrogen (secondary N) is 2. The molecule has 0 saturated heterocycles. The summed E-state index contributed by atoms with van der Waals surface area (Å²) in [6.45, 7) is 3.15. The average molecular weight is 240 g/mol. The second-order valence-corrected chi connectivity index (χ2v) is 4.80. The Morgan fingerprint density at radius 3 is 2.18 bits per heavy atom. The van der Waals surface area contributed by atoms with Crippen LogP contribution in [-0.4, -0.2) is 24.9 Å². The van der Waals surface area contributed by atoms with Crippen molar-refractivity contribution in [3.63, 3.8) is 0 Å². The van der Waals surface area contributed by atoms with Crippen molar-refractivity contribution in [3.05, 3.63) is 0 Å². The Morgan fingerprint density at radius 2 is 1.59 bits per heavy atom. The van der Waals surface area contributed by atoms with Crippen molar-refractivity contribution < 1.29 is 9.59 Å². The summed E-state index contributed by atoms with van der Waals surface area (Å²) in [7, 11) is 0. The molecule has 1 aliphatic carbocycles. The van der Waals surface area contributed by atoms with Crippen molar-refractivity contribution >= 4 is 11.8 Å². The molecule has 0 aromatic carbocycles. The van der Waals surface area contributed by atoms with E-state index in [1.165, 1.54) is 32.1 Å². The van der Waals surface area contributed by atoms with Crippen molar-refractivity contribution in [2.24, 2.45) is 5.92 Å². The number of amides is 2. The lowest BCUT2D eigenvalue weighted by molar-refractivity contribution is -0.139. The Morgan fingerprint density at radius 1 is 1.00 bits per heavy atom. The maximum Gasteiger partial charge on any atom is 0.309 e. The molecule has 1 fully saturated rings. The van der Waals surface area contributed by atoms with E-state index in [2.05, 4.69) is 10.6 Å². The minimum atomic E-state index is -0.504. The van der Waals surface area contributed by atoms with Crippen LogP contribution in [0.5, 0.6) is 0 Å². The molecule has 17 heavy (non-hydrogen) atoms. The van der Waals surface area contributed by atoms with Crippen molar-refractivity contribution in [2.45, 2.75) is 51.9 Å². The van der Waals surface area contributed by atoms with Gasteiger partial charge >= 0.3 is 11.8 Å². The third kappa shape index (κ3) is 5.71. The highest BCUT2D eigenvalue weighted by Gasteiger charge is 2.15. The summed E-state index contributed by atoms with van der Waals surface area (Å²) in [6.07, 6.45) is 8.39. The van der Waals surface area contributed by atoms with Crippen LogP contribution in [0.1, 0.15) is 51.9 Å². The number of carbonyl (C=O) groups is 2. The molecule has 0 atom stereocenters. The lowest BCUT2D eigenvalue weighted by Gasteiger charge is -2.21. The van der Waals surface area contributed by atoms with Crippen LogP contribution >= 0.6 is 0 Å². The van der Waals surface area contributed by atoms with Gasteiger partial charge in [-0.1, -0.05) is 39.0 Å². The molecule has 4 nitrogen and oxygen atoms in total. The summed E-state index contributed by atoms with van der Waals surface area (Å²) in [5, 5.41) is 5.26. The van der Waals surface area contributed by atoms with Crippen LogP contribution in [0.2, 0.25) is 0 Å². The summed E-state index contributed by atoms with van der Waals surface area (Å²) in [5.74, 6) is -0.257. The summed E-state index contributed by atoms with van der Waals surface area (Å²) >= 11 is 0. The number of carbonyl (C=O) groups excluding carboxylic acids is 2. The molecule has 0 aromatic heterocycles. The highest BCUT2D eigenvalue weighted by atomic mass is 16.2. The Bertz CT molecular complexity index is 248. The van der Waals surface area contributed by atoms with E-state index in [4.69, 9.17) is 0 Å². The fraction of sp³-hybridized carbons (Fsp3) is 0.846. The summed E-state index contributed by atoms with van der Waals surface area (Å²) in [6, 6.07) is 0. The predicted molar refractivity (Wildman–Crippen MR) is 67.5 cm³/mol. The maximum absolute atomic E-state index is 11.4. The Hall–Kier alpha value is -1.06. The average Bonchev–Trinajstić information content (AvgIpc) is 2.37. The van der Waals surface area contributed by atoms with E-state index in [0.717, 1.165) is 18.8 Å². The second kappa shape index (κ2) is 8.09. The third-order valence-electron chi connectivity index (χ3n) is 3.30. The zero-order chi connectivity index (χ0) is 12.5. The van der Waals surface area contributed by atoms with Gasteiger partial charge in [-0.05, 0) is 18.8 Å². The quantitative estimate of drug-likeness (QED) is 0.717. The fourth-order valence-electron chi connectivity index (χ4n) is 2.26. The molecule has 0 bridgehead atoms. The van der Waals surface area contributed by atoms with E-state index in [1.54, 1.807) is 0 Å². The van der Waals surface area contributed by atoms with E-state index in [0.29, 0.717) is 13.1 Å². The van der Waals surface area contributed by atoms with Crippen LogP contribution in [0.15, 0.2) is 0 Å². The van der Waals surface area contributed by atoms with Crippen molar-refractivity contribution in [2.75, 3.05) is 13.1 Å². The molecule has 2 N–H and O–H groups in total. The molecule has 0 aliphatic heterocycles. The zero-order valence-corrected chi connectivity index (χ0v) is 10.8. The van der Waals surface area contributed by atoms with E-state index in [-0.39, 0.29) is 0 Å². The monoisotopic (exact) mass is 240 g/mol. The van der Waals surface area contributed by atoms with Gasteiger partial charge < -0.3 is 10.6 Å². The lowest BCUT2D eigenvalue weighted by atomic mass is 9.87. The maximum atomic E-state index is 11.4. The van der Waals surface area contributed by atoms with Gasteiger partial charge in [0.05, 0.1) is 0 Å². The lowest BCUT2D eigenvalue weighted by Crippen LogP contribution is -2.40. The molecule has 4 heteroatoms. The van der Waals surface area contributed by atoms with Crippen molar-refractivity contribution in [1.29, 1.82) is 0 Å². The number of hydrogen-bond donors (Lipinski definition) is 2. The SMILES string of the molecule is CCCNC(=O)C(=O)NCCC1CCCCC1. The second-order valence-electron chi connectivity index (χ2n) is 4.80. The van der Waals surface area contributed by atoms with Gasteiger partial charge in [-0.2, -0.15) is 0 Å². The van der Waals surface area contributed by atoms with Gasteiger partial charge in [0.2, 0.25) is 0 Å². The first kappa shape index (κ1) is 14.0. The minimum absolute atomic E-state index is 0.491. The predicted octanol–water partition coefficient (Wildman–Crippen LogP) is 1.60. The smallest absolute Gasteiger partial charge is 0.309 e. The first-order valence-electron chi connectivity index (χ1n) is 6.80. The van der Waals surface area contributed by atoms with Gasteiger partial charge in [0.25, 0.3) is 0 Å². The normalized spacial score (nSPS) is 16.5. The van der Waals surface area contributed by atoms with Crippen molar-refractivity contribution in [1.82, 2.24) is 10.6 Å². The molecule has 0 unspecified atom stereocenters. The molecule has 98 valence electrons. The molecule has 1 rings (SSSR count). The summed E-state index contributed by atoms with van der Waals surface area (Å²) in [5.41, 5.74) is 0. The van der Waals surface area contributed by atoms with Crippen LogP contribution in [0.3, 0.4) is 0 Å². The summed E-state index contributed by atoms with van der Waals surface area (Å²) < 4.78 is 0. The molecule has 2 amide bonds. The first-order chi connectivity index (χ1) is 8.24. The van der Waals surface area contributed by atoms with Crippen molar-refractivity contribution in [3.8, 4) is 0 Å². The molecule has 0 aromatic rings. The van der Waals surface area contributed by atoms with E-state index >= 15 is 0 Å². The van der Waals surface area contributed by atoms with Gasteiger partial charge in [0.1, 0.15) is 0 Å². The molecule has 0 radical (unpaired) electrons. The molecule has 1 aliphatic rings. The third-order valence-corrected chi connectivity index (χ3v) is 3.30. The molecular weight excluding hydrogens is 216 g/mol. The van der Waals surface area contributed by atoms with Crippen LogP contribution < -0.4 is 10.6 Å². The van der Waals surface area contributed by atoms with Gasteiger partial charge in [-0.15, -0.1) is 0 Å². The summed E-state index contributed by atoms with van der Waals surface area (Å²) in [4.78, 5) is 22.6. The highest BCUT2D eigenvalue weighted by molar-refractivity contribution is 6.35. The van der Waals surface area contributed by atoms with Gasteiger partial charge in [0, 0.05) is 13.1 Å². The molecular formula is C13H24N2O2. The van der Waals surface area contributed by atoms with Gasteiger partial charge in [-0.25, -0.2) is 0 Å². The van der Waals surface area contributed by atoms with Gasteiger partial charge in [0.15, 0.2) is 0 Å². The standard InChI is InChI=1S/C13H24N2O2/c1-2-9-14-12(16)13(17)15-10-8-11-6-4-3-5-7-11/h11H,2-10H2,1H3,(H,14,16)(H,15,17). The largest absolute Gasteiger partial charge is 0.348 e. The Kier molecular flexibility index (Phi) is 6.67. The Balaban J connectivity index is 2.08. The van der Waals surface area contributed by atoms with Crippen LogP contribution in [0.25, 0.3) is 0 Å². The van der Waals surface area contributed by atoms with E-state index in [1.807, 2.05) is 6.92 Å². The molecule has 1 saturated carbocycles. The Labute approximate surface area is 104 Å². The number of rotatable bonds is 5.